The van der Waals surface area contributed by atoms with Crippen LogP contribution in [0.2, 0.25) is 0 Å². The first kappa shape index (κ1) is 58.5. The number of ketones is 1. The molecule has 426 valence electrons. The number of Topliss-reactive ketones (excluding diaryl/α,β-unsaturated/α-hetero) is 1. The number of nitrogens with zero attached hydrogens (tertiary/aromatic N) is 3. The van der Waals surface area contributed by atoms with Crippen molar-refractivity contribution in [2.75, 3.05) is 26.4 Å². The van der Waals surface area contributed by atoms with Crippen LogP contribution in [0.15, 0.2) is 108 Å². The predicted molar refractivity (Wildman–Crippen MR) is 279 cm³/mol. The number of aliphatic hydroxyl groups is 2. The lowest BCUT2D eigenvalue weighted by Gasteiger charge is -2.67. The van der Waals surface area contributed by atoms with E-state index in [9.17, 15) is 39.0 Å². The van der Waals surface area contributed by atoms with Gasteiger partial charge in [0.1, 0.15) is 43.2 Å². The van der Waals surface area contributed by atoms with Crippen LogP contribution >= 0.6 is 0 Å². The number of carbonyl (C=O) groups excluding carboxylic acids is 8. The summed E-state index contributed by atoms with van der Waals surface area (Å²) in [6.07, 6.45) is -8.26. The molecule has 0 radical (unpaired) electrons. The van der Waals surface area contributed by atoms with Crippen LogP contribution in [-0.2, 0) is 74.9 Å². The average Bonchev–Trinajstić information content (AvgIpc) is 4.01. The lowest BCUT2D eigenvalue weighted by atomic mass is 9.44. The molecule has 2 saturated carbocycles. The van der Waals surface area contributed by atoms with Crippen LogP contribution in [0, 0.1) is 16.7 Å². The molecule has 2 heterocycles. The molecule has 3 fully saturated rings. The first-order chi connectivity index (χ1) is 38.0. The summed E-state index contributed by atoms with van der Waals surface area (Å²) >= 11 is 0. The van der Waals surface area contributed by atoms with E-state index in [0.29, 0.717) is 19.4 Å². The van der Waals surface area contributed by atoms with E-state index >= 15 is 9.59 Å². The fraction of sp³-hybridized carbons (Fsp3) is 0.483. The third kappa shape index (κ3) is 11.5. The van der Waals surface area contributed by atoms with Gasteiger partial charge in [-0.2, -0.15) is 0 Å². The number of carbonyl (C=O) groups is 8. The highest BCUT2D eigenvalue weighted by atomic mass is 16.6. The second kappa shape index (κ2) is 24.0. The zero-order valence-corrected chi connectivity index (χ0v) is 45.6. The van der Waals surface area contributed by atoms with Gasteiger partial charge >= 0.3 is 29.8 Å². The van der Waals surface area contributed by atoms with Gasteiger partial charge in [0, 0.05) is 57.0 Å². The van der Waals surface area contributed by atoms with Crippen molar-refractivity contribution in [1.82, 2.24) is 25.6 Å². The molecule has 3 aromatic carbocycles. The lowest BCUT2D eigenvalue weighted by molar-refractivity contribution is -0.346. The smallest absolute Gasteiger partial charge is 0.350 e. The number of aliphatic hydroxyl groups excluding tert-OH is 1. The summed E-state index contributed by atoms with van der Waals surface area (Å²) in [5.41, 5.74) is -7.03. The number of aryl methyl sites for hydroxylation is 2. The Hall–Kier alpha value is -7.66. The molecule has 1 aromatic heterocycles. The topological polar surface area (TPSA) is 296 Å². The summed E-state index contributed by atoms with van der Waals surface area (Å²) in [6, 6.07) is 22.3. The van der Waals surface area contributed by atoms with Crippen molar-refractivity contribution < 1.29 is 81.7 Å². The van der Waals surface area contributed by atoms with E-state index in [2.05, 4.69) is 20.9 Å². The van der Waals surface area contributed by atoms with E-state index in [1.807, 2.05) is 13.1 Å². The van der Waals surface area contributed by atoms with Gasteiger partial charge in [-0.3, -0.25) is 28.7 Å². The molecule has 2 amide bonds. The highest BCUT2D eigenvalue weighted by molar-refractivity contribution is 5.96. The SMILES string of the molecule is CCn1cc(CCCNC(=O)COCC(=O)O[C@@H](C(=O)O[C@H]2C[C@@]3(O)[C@@H](OC(=O)c4ccccc4)[C@@H]4[C@]5(OC(C)=O)CO[C@@H]5C[C@H](O)[C@@]4(C)C(=O)[C@H](OC(C)=O)C(=C2C)C3(C)C)[C@@H](NC(=O)c2ccccc2)c2ccccc2)nn1. The van der Waals surface area contributed by atoms with Crippen molar-refractivity contribution in [2.24, 2.45) is 16.7 Å². The Morgan fingerprint density at radius 3 is 2.11 bits per heavy atom. The van der Waals surface area contributed by atoms with Gasteiger partial charge in [0.25, 0.3) is 5.91 Å². The maximum Gasteiger partial charge on any atom is 0.350 e. The Morgan fingerprint density at radius 1 is 0.863 bits per heavy atom. The number of esters is 5. The first-order valence-electron chi connectivity index (χ1n) is 26.5. The molecule has 4 N–H and O–H groups in total. The monoisotopic (exact) mass is 1110 g/mol. The summed E-state index contributed by atoms with van der Waals surface area (Å²) in [7, 11) is 0. The summed E-state index contributed by atoms with van der Waals surface area (Å²) in [5, 5.41) is 39.9. The number of aromatic nitrogens is 3. The largest absolute Gasteiger partial charge is 0.455 e. The molecule has 80 heavy (non-hydrogen) atoms. The number of hydrogen-bond donors (Lipinski definition) is 4. The summed E-state index contributed by atoms with van der Waals surface area (Å²) in [6.45, 7) is 9.17. The van der Waals surface area contributed by atoms with E-state index < -0.39 is 138 Å². The number of nitrogens with one attached hydrogen (secondary N) is 2. The molecular formula is C58H67N5O17. The van der Waals surface area contributed by atoms with Crippen molar-refractivity contribution in [3.05, 3.63) is 131 Å². The number of fused-ring (bicyclic) bond motifs is 5. The minimum absolute atomic E-state index is 0.0236. The Morgan fingerprint density at radius 2 is 1.51 bits per heavy atom. The average molecular weight is 1110 g/mol. The van der Waals surface area contributed by atoms with Crippen LogP contribution in [0.1, 0.15) is 106 Å². The van der Waals surface area contributed by atoms with Crippen LogP contribution in [-0.4, -0.2) is 147 Å². The van der Waals surface area contributed by atoms with Crippen molar-refractivity contribution >= 4 is 47.4 Å². The van der Waals surface area contributed by atoms with Gasteiger partial charge in [0.05, 0.1) is 35.3 Å². The molecule has 0 spiro atoms. The van der Waals surface area contributed by atoms with Gasteiger partial charge in [0.2, 0.25) is 12.0 Å². The second-order valence-electron chi connectivity index (χ2n) is 21.3. The third-order valence-electron chi connectivity index (χ3n) is 16.0. The Balaban J connectivity index is 1.18. The minimum Gasteiger partial charge on any atom is -0.455 e. The van der Waals surface area contributed by atoms with Gasteiger partial charge in [0.15, 0.2) is 17.5 Å². The molecular weight excluding hydrogens is 1040 g/mol. The number of benzene rings is 3. The number of hydrogen-bond acceptors (Lipinski definition) is 19. The molecule has 22 heteroatoms. The molecule has 11 atom stereocenters. The minimum atomic E-state index is -2.51. The van der Waals surface area contributed by atoms with Gasteiger partial charge < -0.3 is 54.0 Å². The first-order valence-corrected chi connectivity index (χ1v) is 26.5. The van der Waals surface area contributed by atoms with Crippen molar-refractivity contribution in [2.45, 2.75) is 135 Å². The lowest BCUT2D eigenvalue weighted by Crippen LogP contribution is -2.82. The number of amides is 2. The maximum atomic E-state index is 15.8. The molecule has 1 saturated heterocycles. The molecule has 0 unspecified atom stereocenters. The fourth-order valence-corrected chi connectivity index (χ4v) is 11.8. The van der Waals surface area contributed by atoms with Crippen molar-refractivity contribution in [1.29, 1.82) is 0 Å². The Bertz CT molecular complexity index is 3010. The van der Waals surface area contributed by atoms with Crippen molar-refractivity contribution in [3.8, 4) is 0 Å². The summed E-state index contributed by atoms with van der Waals surface area (Å²) in [5.74, 6) is -8.99. The van der Waals surface area contributed by atoms with Crippen LogP contribution in [0.5, 0.6) is 0 Å². The Labute approximate surface area is 461 Å². The zero-order valence-electron chi connectivity index (χ0n) is 45.6. The van der Waals surface area contributed by atoms with Crippen LogP contribution in [0.3, 0.4) is 0 Å². The standard InChI is InChI=1S/C58H67N5O17/c1-8-63-29-39(61-62-63)25-18-26-59-43(67)30-74-31-44(68)78-48(46(36-19-12-9-13-20-36)60-52(70)37-21-14-10-15-22-37)54(72)77-40-28-58(73)51(79-53(71)38-23-16-11-17-24-38)49-56(7,41(66)27-42-57(49,32-75-42)80-35(4)65)50(69)47(76-34(3)64)45(33(40)2)55(58,5)6/h9-17,19-24,29,40-42,46-49,51,66,73H,8,18,25-28,30-32H2,1-7H3,(H,59,67)(H,60,70)/t40-,41-,42+,46-,47+,48+,49-,51-,56+,57-,58+/m0/s1. The van der Waals surface area contributed by atoms with E-state index in [1.54, 1.807) is 71.4 Å². The zero-order chi connectivity index (χ0) is 57.7. The van der Waals surface area contributed by atoms with Gasteiger partial charge in [-0.15, -0.1) is 5.10 Å². The number of ether oxygens (including phenoxy) is 7. The third-order valence-corrected chi connectivity index (χ3v) is 16.0. The van der Waals surface area contributed by atoms with E-state index in [4.69, 9.17) is 33.2 Å². The maximum absolute atomic E-state index is 15.8. The summed E-state index contributed by atoms with van der Waals surface area (Å²) < 4.78 is 43.9. The molecule has 3 aliphatic carbocycles. The number of rotatable bonds is 20. The van der Waals surface area contributed by atoms with Gasteiger partial charge in [-0.1, -0.05) is 85.8 Å². The van der Waals surface area contributed by atoms with Crippen LogP contribution < -0.4 is 10.6 Å². The molecule has 4 aliphatic rings. The molecule has 4 aromatic rings. The van der Waals surface area contributed by atoms with E-state index in [-0.39, 0.29) is 47.4 Å². The highest BCUT2D eigenvalue weighted by Crippen LogP contribution is 2.64. The van der Waals surface area contributed by atoms with Crippen LogP contribution in [0.4, 0.5) is 0 Å². The molecule has 22 nitrogen and oxygen atoms in total. The van der Waals surface area contributed by atoms with E-state index in [0.717, 1.165) is 19.5 Å². The second-order valence-corrected chi connectivity index (χ2v) is 21.3. The van der Waals surface area contributed by atoms with Gasteiger partial charge in [-0.25, -0.2) is 14.4 Å². The molecule has 8 rings (SSSR count). The fourth-order valence-electron chi connectivity index (χ4n) is 11.8. The summed E-state index contributed by atoms with van der Waals surface area (Å²) in [4.78, 5) is 113. The van der Waals surface area contributed by atoms with E-state index in [1.165, 1.54) is 52.0 Å². The Kier molecular flexibility index (Phi) is 17.5. The van der Waals surface area contributed by atoms with Crippen molar-refractivity contribution in [3.63, 3.8) is 0 Å². The molecule has 1 aliphatic heterocycles. The normalized spacial score (nSPS) is 27.2. The van der Waals surface area contributed by atoms with Crippen LogP contribution in [0.25, 0.3) is 0 Å². The van der Waals surface area contributed by atoms with Gasteiger partial charge in [-0.05, 0) is 74.6 Å². The highest BCUT2D eigenvalue weighted by Gasteiger charge is 2.78. The molecule has 2 bridgehead atoms. The predicted octanol–water partition coefficient (Wildman–Crippen LogP) is 3.66. The quantitative estimate of drug-likeness (QED) is 0.0425.